The molecular formula is C10H22OSSi. The molecule has 0 heterocycles. The van der Waals surface area contributed by atoms with E-state index in [1.807, 2.05) is 0 Å². The van der Waals surface area contributed by atoms with Crippen molar-refractivity contribution in [2.45, 2.75) is 51.9 Å². The Morgan fingerprint density at radius 3 is 1.92 bits per heavy atom. The van der Waals surface area contributed by atoms with Crippen LogP contribution < -0.4 is 0 Å². The summed E-state index contributed by atoms with van der Waals surface area (Å²) in [7, 11) is -0.957. The highest BCUT2D eigenvalue weighted by molar-refractivity contribution is 8.13. The van der Waals surface area contributed by atoms with Gasteiger partial charge in [0.15, 0.2) is 5.12 Å². The van der Waals surface area contributed by atoms with Crippen LogP contribution in [0.5, 0.6) is 0 Å². The largest absolute Gasteiger partial charge is 0.288 e. The first-order valence-corrected chi connectivity index (χ1v) is 9.05. The van der Waals surface area contributed by atoms with Gasteiger partial charge in [-0.15, -0.1) is 0 Å². The minimum atomic E-state index is -0.957. The Morgan fingerprint density at radius 1 is 1.15 bits per heavy atom. The van der Waals surface area contributed by atoms with Crippen LogP contribution in [0.4, 0.5) is 0 Å². The third-order valence-electron chi connectivity index (χ3n) is 3.19. The summed E-state index contributed by atoms with van der Waals surface area (Å²) in [6.07, 6.45) is 0. The smallest absolute Gasteiger partial charge is 0.185 e. The van der Waals surface area contributed by atoms with Crippen LogP contribution in [0.25, 0.3) is 0 Å². The van der Waals surface area contributed by atoms with E-state index in [0.29, 0.717) is 0 Å². The maximum Gasteiger partial charge on any atom is 0.185 e. The van der Waals surface area contributed by atoms with Crippen LogP contribution in [0, 0.1) is 0 Å². The zero-order valence-corrected chi connectivity index (χ0v) is 11.2. The lowest BCUT2D eigenvalue weighted by Gasteiger charge is -2.27. The van der Waals surface area contributed by atoms with Gasteiger partial charge in [-0.1, -0.05) is 50.7 Å². The summed E-state index contributed by atoms with van der Waals surface area (Å²) in [5.74, 6) is 1.05. The molecule has 0 aromatic heterocycles. The van der Waals surface area contributed by atoms with Gasteiger partial charge in [0.25, 0.3) is 0 Å². The normalized spacial score (nSPS) is 11.7. The number of rotatable bonds is 6. The monoisotopic (exact) mass is 218 g/mol. The molecule has 3 heteroatoms. The number of thioether (sulfide) groups is 1. The van der Waals surface area contributed by atoms with E-state index >= 15 is 0 Å². The van der Waals surface area contributed by atoms with Gasteiger partial charge in [0.2, 0.25) is 0 Å². The SMILES string of the molecule is CC[Si](CC)(CC)CCSC(C)=O. The lowest BCUT2D eigenvalue weighted by Crippen LogP contribution is -2.31. The van der Waals surface area contributed by atoms with E-state index < -0.39 is 8.07 Å². The van der Waals surface area contributed by atoms with Crippen LogP contribution in [-0.2, 0) is 4.79 Å². The fourth-order valence-corrected chi connectivity index (χ4v) is 6.68. The Labute approximate surface area is 87.7 Å². The van der Waals surface area contributed by atoms with Crippen LogP contribution in [0.3, 0.4) is 0 Å². The highest BCUT2D eigenvalue weighted by atomic mass is 32.2. The highest BCUT2D eigenvalue weighted by Gasteiger charge is 2.25. The molecule has 0 aliphatic carbocycles. The van der Waals surface area contributed by atoms with E-state index in [0.717, 1.165) is 5.75 Å². The number of carbonyl (C=O) groups is 1. The first kappa shape index (κ1) is 13.2. The number of carbonyl (C=O) groups excluding carboxylic acids is 1. The molecule has 0 atom stereocenters. The van der Waals surface area contributed by atoms with E-state index in [-0.39, 0.29) is 5.12 Å². The first-order valence-electron chi connectivity index (χ1n) is 5.23. The molecule has 0 spiro atoms. The predicted molar refractivity (Wildman–Crippen MR) is 65.1 cm³/mol. The molecule has 0 aliphatic rings. The molecule has 13 heavy (non-hydrogen) atoms. The van der Waals surface area contributed by atoms with E-state index in [1.54, 1.807) is 6.92 Å². The van der Waals surface area contributed by atoms with Crippen molar-refractivity contribution in [3.63, 3.8) is 0 Å². The second kappa shape index (κ2) is 6.66. The van der Waals surface area contributed by atoms with Gasteiger partial charge < -0.3 is 0 Å². The minimum Gasteiger partial charge on any atom is -0.288 e. The van der Waals surface area contributed by atoms with Crippen molar-refractivity contribution < 1.29 is 4.79 Å². The third-order valence-corrected chi connectivity index (χ3v) is 10.2. The van der Waals surface area contributed by atoms with Crippen LogP contribution in [0.2, 0.25) is 24.2 Å². The molecule has 0 fully saturated rings. The maximum atomic E-state index is 10.8. The zero-order chi connectivity index (χ0) is 10.3. The van der Waals surface area contributed by atoms with Crippen molar-refractivity contribution >= 4 is 25.0 Å². The Kier molecular flexibility index (Phi) is 6.78. The minimum absolute atomic E-state index is 0.270. The van der Waals surface area contributed by atoms with Crippen molar-refractivity contribution in [1.29, 1.82) is 0 Å². The molecule has 0 aromatic rings. The highest BCUT2D eigenvalue weighted by Crippen LogP contribution is 2.26. The molecule has 0 saturated heterocycles. The van der Waals surface area contributed by atoms with Gasteiger partial charge in [-0.2, -0.15) is 0 Å². The fraction of sp³-hybridized carbons (Fsp3) is 0.900. The van der Waals surface area contributed by atoms with Crippen molar-refractivity contribution in [1.82, 2.24) is 0 Å². The summed E-state index contributed by atoms with van der Waals surface area (Å²) in [6, 6.07) is 5.44. The van der Waals surface area contributed by atoms with Crippen LogP contribution in [0.1, 0.15) is 27.7 Å². The molecule has 0 bridgehead atoms. The van der Waals surface area contributed by atoms with Crippen molar-refractivity contribution in [2.75, 3.05) is 5.75 Å². The number of hydrogen-bond donors (Lipinski definition) is 0. The van der Waals surface area contributed by atoms with Gasteiger partial charge in [-0.25, -0.2) is 0 Å². The second-order valence-corrected chi connectivity index (χ2v) is 10.5. The summed E-state index contributed by atoms with van der Waals surface area (Å²) in [6.45, 7) is 8.62. The van der Waals surface area contributed by atoms with Crippen molar-refractivity contribution in [3.8, 4) is 0 Å². The van der Waals surface area contributed by atoms with Gasteiger partial charge in [-0.3, -0.25) is 4.79 Å². The Hall–Kier alpha value is 0.237. The summed E-state index contributed by atoms with van der Waals surface area (Å²) in [5, 5.41) is 0.270. The van der Waals surface area contributed by atoms with E-state index in [2.05, 4.69) is 20.8 Å². The Morgan fingerprint density at radius 2 is 1.62 bits per heavy atom. The molecule has 1 nitrogen and oxygen atoms in total. The van der Waals surface area contributed by atoms with Crippen LogP contribution >= 0.6 is 11.8 Å². The molecular weight excluding hydrogens is 196 g/mol. The Bertz CT molecular complexity index is 147. The summed E-state index contributed by atoms with van der Waals surface area (Å²) < 4.78 is 0. The predicted octanol–water partition coefficient (Wildman–Crippen LogP) is 3.77. The summed E-state index contributed by atoms with van der Waals surface area (Å²) in [5.41, 5.74) is 0. The van der Waals surface area contributed by atoms with Gasteiger partial charge in [0.05, 0.1) is 8.07 Å². The average molecular weight is 218 g/mol. The Balaban J connectivity index is 3.88. The molecule has 0 amide bonds. The molecule has 0 unspecified atom stereocenters. The summed E-state index contributed by atoms with van der Waals surface area (Å²) >= 11 is 1.50. The second-order valence-electron chi connectivity index (χ2n) is 3.65. The molecule has 0 aliphatic heterocycles. The van der Waals surface area contributed by atoms with E-state index in [4.69, 9.17) is 0 Å². The van der Waals surface area contributed by atoms with Gasteiger partial charge in [0.1, 0.15) is 0 Å². The number of hydrogen-bond acceptors (Lipinski definition) is 2. The lowest BCUT2D eigenvalue weighted by molar-refractivity contribution is -0.109. The molecule has 0 aromatic carbocycles. The fourth-order valence-electron chi connectivity index (χ4n) is 1.69. The topological polar surface area (TPSA) is 17.1 Å². The lowest BCUT2D eigenvalue weighted by atomic mass is 10.9. The van der Waals surface area contributed by atoms with Crippen LogP contribution in [-0.4, -0.2) is 18.9 Å². The van der Waals surface area contributed by atoms with Gasteiger partial charge >= 0.3 is 0 Å². The average Bonchev–Trinajstić information content (AvgIpc) is 2.13. The first-order chi connectivity index (χ1) is 6.10. The van der Waals surface area contributed by atoms with Crippen molar-refractivity contribution in [2.24, 2.45) is 0 Å². The molecule has 0 rings (SSSR count). The third kappa shape index (κ3) is 4.86. The van der Waals surface area contributed by atoms with Crippen molar-refractivity contribution in [3.05, 3.63) is 0 Å². The standard InChI is InChI=1S/C10H22OSSi/c1-5-13(6-2,7-3)9-8-12-10(4)11/h5-9H2,1-4H3. The van der Waals surface area contributed by atoms with Crippen LogP contribution in [0.15, 0.2) is 0 Å². The van der Waals surface area contributed by atoms with E-state index in [9.17, 15) is 4.79 Å². The van der Waals surface area contributed by atoms with Gasteiger partial charge in [0, 0.05) is 6.92 Å². The molecule has 0 radical (unpaired) electrons. The molecule has 0 saturated carbocycles. The molecule has 78 valence electrons. The van der Waals surface area contributed by atoms with Gasteiger partial charge in [-0.05, 0) is 11.8 Å². The van der Waals surface area contributed by atoms with E-state index in [1.165, 1.54) is 35.9 Å². The molecule has 0 N–H and O–H groups in total. The maximum absolute atomic E-state index is 10.8. The zero-order valence-electron chi connectivity index (χ0n) is 9.35. The summed E-state index contributed by atoms with van der Waals surface area (Å²) in [4.78, 5) is 10.8. The quantitative estimate of drug-likeness (QED) is 0.631.